The largest absolute Gasteiger partial charge is 0.340 e. The zero-order valence-electron chi connectivity index (χ0n) is 11.8. The SMILES string of the molecule is Cc1nc(C(C)C)no1.Cc1nc(C(C)C)ns1. The smallest absolute Gasteiger partial charge is 0.223 e. The van der Waals surface area contributed by atoms with E-state index in [4.69, 9.17) is 4.52 Å². The van der Waals surface area contributed by atoms with Crippen LogP contribution in [-0.4, -0.2) is 19.5 Å². The fourth-order valence-corrected chi connectivity index (χ4v) is 1.71. The lowest BCUT2D eigenvalue weighted by molar-refractivity contribution is 0.385. The summed E-state index contributed by atoms with van der Waals surface area (Å²) < 4.78 is 8.91. The van der Waals surface area contributed by atoms with Crippen LogP contribution in [0.15, 0.2) is 4.52 Å². The summed E-state index contributed by atoms with van der Waals surface area (Å²) in [4.78, 5) is 8.25. The van der Waals surface area contributed by atoms with Gasteiger partial charge in [0, 0.05) is 18.8 Å². The Bertz CT molecular complexity index is 432. The summed E-state index contributed by atoms with van der Waals surface area (Å²) in [5.74, 6) is 3.22. The molecule has 2 heterocycles. The van der Waals surface area contributed by atoms with Gasteiger partial charge in [0.1, 0.15) is 10.8 Å². The highest BCUT2D eigenvalue weighted by atomic mass is 32.1. The highest BCUT2D eigenvalue weighted by molar-refractivity contribution is 7.05. The highest BCUT2D eigenvalue weighted by Gasteiger charge is 2.04. The zero-order valence-corrected chi connectivity index (χ0v) is 12.6. The molecule has 2 rings (SSSR count). The first-order valence-electron chi connectivity index (χ1n) is 6.00. The van der Waals surface area contributed by atoms with Crippen LogP contribution >= 0.6 is 11.5 Å². The number of hydrogen-bond donors (Lipinski definition) is 0. The van der Waals surface area contributed by atoms with Crippen molar-refractivity contribution in [1.82, 2.24) is 19.5 Å². The van der Waals surface area contributed by atoms with E-state index in [1.165, 1.54) is 11.5 Å². The van der Waals surface area contributed by atoms with Crippen molar-refractivity contribution in [2.45, 2.75) is 53.4 Å². The van der Waals surface area contributed by atoms with E-state index in [0.717, 1.165) is 16.7 Å². The average Bonchev–Trinajstić information content (AvgIpc) is 2.88. The van der Waals surface area contributed by atoms with Crippen molar-refractivity contribution >= 4 is 11.5 Å². The number of aromatic nitrogens is 4. The first-order valence-corrected chi connectivity index (χ1v) is 6.78. The van der Waals surface area contributed by atoms with Gasteiger partial charge in [-0.1, -0.05) is 32.9 Å². The molecule has 0 unspecified atom stereocenters. The Morgan fingerprint density at radius 3 is 1.78 bits per heavy atom. The molecule has 18 heavy (non-hydrogen) atoms. The predicted octanol–water partition coefficient (Wildman–Crippen LogP) is 3.47. The summed E-state index contributed by atoms with van der Waals surface area (Å²) in [5, 5.41) is 4.78. The Balaban J connectivity index is 0.000000180. The summed E-state index contributed by atoms with van der Waals surface area (Å²) in [6.45, 7) is 12.0. The molecule has 0 saturated heterocycles. The molecule has 100 valence electrons. The molecule has 0 aliphatic carbocycles. The Labute approximate surface area is 112 Å². The quantitative estimate of drug-likeness (QED) is 0.834. The third-order valence-electron chi connectivity index (χ3n) is 2.12. The third kappa shape index (κ3) is 4.52. The van der Waals surface area contributed by atoms with Crippen LogP contribution < -0.4 is 0 Å². The Kier molecular flexibility index (Phi) is 5.40. The lowest BCUT2D eigenvalue weighted by atomic mass is 10.2. The van der Waals surface area contributed by atoms with Gasteiger partial charge in [-0.3, -0.25) is 0 Å². The molecule has 0 amide bonds. The molecule has 0 aliphatic rings. The van der Waals surface area contributed by atoms with Gasteiger partial charge in [-0.2, -0.15) is 9.36 Å². The summed E-state index contributed by atoms with van der Waals surface area (Å²) >= 11 is 1.47. The van der Waals surface area contributed by atoms with Crippen molar-refractivity contribution in [3.8, 4) is 0 Å². The number of nitrogens with zero attached hydrogens (tertiary/aromatic N) is 4. The maximum Gasteiger partial charge on any atom is 0.223 e. The molecule has 5 nitrogen and oxygen atoms in total. The average molecular weight is 268 g/mol. The molecule has 2 aromatic heterocycles. The molecule has 0 fully saturated rings. The summed E-state index contributed by atoms with van der Waals surface area (Å²) in [5.41, 5.74) is 0. The molecule has 0 bridgehead atoms. The van der Waals surface area contributed by atoms with E-state index in [0.29, 0.717) is 17.7 Å². The van der Waals surface area contributed by atoms with Crippen LogP contribution in [0.2, 0.25) is 0 Å². The molecular formula is C12H20N4OS. The second-order valence-electron chi connectivity index (χ2n) is 4.65. The summed E-state index contributed by atoms with van der Waals surface area (Å²) in [7, 11) is 0. The van der Waals surface area contributed by atoms with Crippen LogP contribution in [0, 0.1) is 13.8 Å². The molecular weight excluding hydrogens is 248 g/mol. The monoisotopic (exact) mass is 268 g/mol. The van der Waals surface area contributed by atoms with Crippen molar-refractivity contribution < 1.29 is 4.52 Å². The normalized spacial score (nSPS) is 10.7. The Morgan fingerprint density at radius 2 is 1.56 bits per heavy atom. The minimum atomic E-state index is 0.363. The lowest BCUT2D eigenvalue weighted by Crippen LogP contribution is -1.88. The highest BCUT2D eigenvalue weighted by Crippen LogP contribution is 2.11. The number of hydrogen-bond acceptors (Lipinski definition) is 6. The molecule has 0 N–H and O–H groups in total. The van der Waals surface area contributed by atoms with Crippen LogP contribution in [0.1, 0.15) is 62.1 Å². The summed E-state index contributed by atoms with van der Waals surface area (Å²) in [6.07, 6.45) is 0. The minimum absolute atomic E-state index is 0.363. The second-order valence-corrected chi connectivity index (χ2v) is 5.61. The van der Waals surface area contributed by atoms with Gasteiger partial charge in [0.25, 0.3) is 0 Å². The van der Waals surface area contributed by atoms with Crippen molar-refractivity contribution in [3.63, 3.8) is 0 Å². The van der Waals surface area contributed by atoms with Crippen LogP contribution in [0.4, 0.5) is 0 Å². The van der Waals surface area contributed by atoms with Gasteiger partial charge < -0.3 is 4.52 Å². The number of rotatable bonds is 2. The van der Waals surface area contributed by atoms with Gasteiger partial charge >= 0.3 is 0 Å². The second kappa shape index (κ2) is 6.58. The van der Waals surface area contributed by atoms with E-state index >= 15 is 0 Å². The van der Waals surface area contributed by atoms with Crippen LogP contribution in [0.5, 0.6) is 0 Å². The standard InChI is InChI=1S/C6H10N2O.C6H10N2S/c2*1-4(2)6-7-5(3)9-8-6/h2*4H,1-3H3. The van der Waals surface area contributed by atoms with Crippen molar-refractivity contribution in [3.05, 3.63) is 22.5 Å². The van der Waals surface area contributed by atoms with Crippen LogP contribution in [0.3, 0.4) is 0 Å². The molecule has 0 aliphatic heterocycles. The van der Waals surface area contributed by atoms with Gasteiger partial charge in [-0.25, -0.2) is 4.98 Å². The fraction of sp³-hybridized carbons (Fsp3) is 0.667. The van der Waals surface area contributed by atoms with E-state index < -0.39 is 0 Å². The van der Waals surface area contributed by atoms with Crippen LogP contribution in [0.25, 0.3) is 0 Å². The predicted molar refractivity (Wildman–Crippen MR) is 71.9 cm³/mol. The van der Waals surface area contributed by atoms with E-state index in [1.54, 1.807) is 6.92 Å². The van der Waals surface area contributed by atoms with E-state index in [9.17, 15) is 0 Å². The minimum Gasteiger partial charge on any atom is -0.340 e. The molecule has 0 radical (unpaired) electrons. The maximum atomic E-state index is 4.76. The number of aryl methyl sites for hydroxylation is 2. The molecule has 0 aromatic carbocycles. The summed E-state index contributed by atoms with van der Waals surface area (Å²) in [6, 6.07) is 0. The van der Waals surface area contributed by atoms with E-state index in [-0.39, 0.29) is 0 Å². The van der Waals surface area contributed by atoms with Gasteiger partial charge in [0.05, 0.1) is 0 Å². The first-order chi connectivity index (χ1) is 8.40. The maximum absolute atomic E-state index is 4.76. The van der Waals surface area contributed by atoms with E-state index in [2.05, 4.69) is 33.3 Å². The van der Waals surface area contributed by atoms with Gasteiger partial charge in [0.15, 0.2) is 5.82 Å². The van der Waals surface area contributed by atoms with E-state index in [1.807, 2.05) is 20.8 Å². The van der Waals surface area contributed by atoms with Gasteiger partial charge in [-0.15, -0.1) is 0 Å². The molecule has 6 heteroatoms. The Morgan fingerprint density at radius 1 is 0.944 bits per heavy atom. The zero-order chi connectivity index (χ0) is 13.7. The topological polar surface area (TPSA) is 64.7 Å². The third-order valence-corrected chi connectivity index (χ3v) is 2.75. The lowest BCUT2D eigenvalue weighted by Gasteiger charge is -1.92. The molecule has 0 saturated carbocycles. The Hall–Kier alpha value is -1.30. The van der Waals surface area contributed by atoms with Crippen LogP contribution in [-0.2, 0) is 0 Å². The van der Waals surface area contributed by atoms with Crippen molar-refractivity contribution in [1.29, 1.82) is 0 Å². The van der Waals surface area contributed by atoms with Gasteiger partial charge in [0.2, 0.25) is 5.89 Å². The van der Waals surface area contributed by atoms with Gasteiger partial charge in [-0.05, 0) is 18.5 Å². The molecule has 0 atom stereocenters. The van der Waals surface area contributed by atoms with Crippen molar-refractivity contribution in [2.24, 2.45) is 0 Å². The first kappa shape index (κ1) is 14.8. The fourth-order valence-electron chi connectivity index (χ4n) is 1.10. The molecule has 0 spiro atoms. The van der Waals surface area contributed by atoms with Crippen molar-refractivity contribution in [2.75, 3.05) is 0 Å². The molecule has 2 aromatic rings.